The first kappa shape index (κ1) is 25.1. The van der Waals surface area contributed by atoms with Crippen molar-refractivity contribution in [2.45, 2.75) is 87.3 Å². The van der Waals surface area contributed by atoms with Crippen molar-refractivity contribution in [3.05, 3.63) is 89.5 Å². The predicted octanol–water partition coefficient (Wildman–Crippen LogP) is 8.69. The molecule has 3 aromatic rings. The third kappa shape index (κ3) is 5.52. The Kier molecular flexibility index (Phi) is 9.20. The zero-order valence-electron chi connectivity index (χ0n) is 20.6. The second-order valence-corrected chi connectivity index (χ2v) is 11.1. The summed E-state index contributed by atoms with van der Waals surface area (Å²) in [6.07, 6.45) is 6.60. The summed E-state index contributed by atoms with van der Waals surface area (Å²) in [5, 5.41) is 0. The van der Waals surface area contributed by atoms with Gasteiger partial charge in [0.1, 0.15) is 0 Å². The van der Waals surface area contributed by atoms with E-state index in [9.17, 15) is 4.79 Å². The fraction of sp³-hybridized carbons (Fsp3) is 0.367. The lowest BCUT2D eigenvalue weighted by atomic mass is 9.97. The summed E-state index contributed by atoms with van der Waals surface area (Å²) < 4.78 is 6.66. The molecule has 0 fully saturated rings. The molecule has 3 rings (SSSR count). The quantitative estimate of drug-likeness (QED) is 0.285. The molecular weight excluding hydrogens is 424 g/mol. The number of hydrogen-bond donors (Lipinski definition) is 0. The van der Waals surface area contributed by atoms with E-state index in [4.69, 9.17) is 4.18 Å². The molecule has 0 amide bonds. The fourth-order valence-corrected chi connectivity index (χ4v) is 8.03. The molecule has 0 unspecified atom stereocenters. The van der Waals surface area contributed by atoms with E-state index in [0.717, 1.165) is 48.3 Å². The molecule has 0 saturated heterocycles. The molecule has 3 aromatic carbocycles. The lowest BCUT2D eigenvalue weighted by Crippen LogP contribution is -2.17. The van der Waals surface area contributed by atoms with Crippen molar-refractivity contribution < 1.29 is 8.98 Å². The summed E-state index contributed by atoms with van der Waals surface area (Å²) in [4.78, 5) is 16.5. The number of carbonyl (C=O) groups is 1. The maximum Gasteiger partial charge on any atom is 0.316 e. The molecule has 0 saturated carbocycles. The number of aryl methyl sites for hydroxylation is 3. The Hall–Kier alpha value is -2.52. The lowest BCUT2D eigenvalue weighted by Gasteiger charge is -2.42. The average Bonchev–Trinajstić information content (AvgIpc) is 2.84. The Bertz CT molecular complexity index is 961. The Morgan fingerprint density at radius 1 is 0.697 bits per heavy atom. The van der Waals surface area contributed by atoms with Crippen molar-refractivity contribution in [3.63, 3.8) is 0 Å². The second kappa shape index (κ2) is 12.1. The Morgan fingerprint density at radius 3 is 1.55 bits per heavy atom. The standard InChI is InChI=1S/C30H38O2S/c1-5-15-24-22-25(16-6-2)30(26(23-24)17-7-3)33(32-29(31)8-4,27-18-11-9-12-19-27)28-20-13-10-14-21-28/h9-14,18-23H,5-8,15-17H2,1-4H3. The van der Waals surface area contributed by atoms with Crippen LogP contribution in [-0.2, 0) is 28.2 Å². The first-order valence-electron chi connectivity index (χ1n) is 12.4. The topological polar surface area (TPSA) is 26.3 Å². The van der Waals surface area contributed by atoms with Crippen molar-refractivity contribution in [2.24, 2.45) is 0 Å². The van der Waals surface area contributed by atoms with Crippen LogP contribution >= 0.6 is 10.3 Å². The van der Waals surface area contributed by atoms with Gasteiger partial charge in [0.05, 0.1) is 0 Å². The average molecular weight is 463 g/mol. The second-order valence-electron chi connectivity index (χ2n) is 8.48. The first-order valence-corrected chi connectivity index (χ1v) is 14.0. The molecule has 0 bridgehead atoms. The molecule has 2 nitrogen and oxygen atoms in total. The first-order chi connectivity index (χ1) is 16.1. The van der Waals surface area contributed by atoms with Gasteiger partial charge in [-0.3, -0.25) is 4.79 Å². The van der Waals surface area contributed by atoms with E-state index in [1.807, 2.05) is 19.1 Å². The zero-order valence-corrected chi connectivity index (χ0v) is 21.4. The molecule has 0 atom stereocenters. The Morgan fingerprint density at radius 2 is 1.15 bits per heavy atom. The minimum Gasteiger partial charge on any atom is -0.402 e. The smallest absolute Gasteiger partial charge is 0.316 e. The van der Waals surface area contributed by atoms with E-state index in [0.29, 0.717) is 6.42 Å². The van der Waals surface area contributed by atoms with E-state index in [2.05, 4.69) is 81.4 Å². The van der Waals surface area contributed by atoms with Crippen LogP contribution in [0.15, 0.2) is 87.5 Å². The number of rotatable bonds is 11. The number of benzene rings is 3. The summed E-state index contributed by atoms with van der Waals surface area (Å²) in [6, 6.07) is 25.6. The van der Waals surface area contributed by atoms with Gasteiger partial charge in [-0.25, -0.2) is 0 Å². The largest absolute Gasteiger partial charge is 0.402 e. The van der Waals surface area contributed by atoms with Gasteiger partial charge < -0.3 is 4.18 Å². The predicted molar refractivity (Wildman–Crippen MR) is 140 cm³/mol. The summed E-state index contributed by atoms with van der Waals surface area (Å²) in [5.74, 6) is -0.153. The van der Waals surface area contributed by atoms with Gasteiger partial charge in [-0.2, -0.15) is 0 Å². The summed E-state index contributed by atoms with van der Waals surface area (Å²) in [5.41, 5.74) is 4.06. The molecule has 33 heavy (non-hydrogen) atoms. The molecule has 0 N–H and O–H groups in total. The Labute approximate surface area is 201 Å². The molecule has 0 aliphatic rings. The van der Waals surface area contributed by atoms with Gasteiger partial charge in [-0.1, -0.05) is 95.5 Å². The molecule has 0 aromatic heterocycles. The SMILES string of the molecule is CCCc1cc(CCC)c(S(OC(=O)CC)(c2ccccc2)c2ccccc2)c(CCC)c1. The molecule has 0 radical (unpaired) electrons. The third-order valence-corrected chi connectivity index (χ3v) is 9.23. The van der Waals surface area contributed by atoms with Crippen molar-refractivity contribution in [1.29, 1.82) is 0 Å². The molecule has 3 heteroatoms. The molecule has 0 heterocycles. The number of carbonyl (C=O) groups excluding carboxylic acids is 1. The summed E-state index contributed by atoms with van der Waals surface area (Å²) in [7, 11) is -2.23. The Balaban J connectivity index is 2.47. The third-order valence-electron chi connectivity index (χ3n) is 5.82. The monoisotopic (exact) mass is 462 g/mol. The number of hydrogen-bond acceptors (Lipinski definition) is 2. The van der Waals surface area contributed by atoms with E-state index < -0.39 is 10.3 Å². The highest BCUT2D eigenvalue weighted by Crippen LogP contribution is 2.71. The van der Waals surface area contributed by atoms with Crippen LogP contribution in [0, 0.1) is 0 Å². The van der Waals surface area contributed by atoms with Gasteiger partial charge >= 0.3 is 5.97 Å². The highest BCUT2D eigenvalue weighted by Gasteiger charge is 2.38. The highest BCUT2D eigenvalue weighted by molar-refractivity contribution is 8.30. The van der Waals surface area contributed by atoms with E-state index in [1.54, 1.807) is 0 Å². The van der Waals surface area contributed by atoms with Gasteiger partial charge in [0.25, 0.3) is 0 Å². The van der Waals surface area contributed by atoms with Crippen LogP contribution in [0.5, 0.6) is 0 Å². The van der Waals surface area contributed by atoms with Gasteiger partial charge in [0.2, 0.25) is 0 Å². The van der Waals surface area contributed by atoms with Crippen LogP contribution in [0.2, 0.25) is 0 Å². The van der Waals surface area contributed by atoms with Crippen molar-refractivity contribution in [1.82, 2.24) is 0 Å². The van der Waals surface area contributed by atoms with Crippen molar-refractivity contribution in [2.75, 3.05) is 0 Å². The van der Waals surface area contributed by atoms with Crippen LogP contribution in [0.4, 0.5) is 0 Å². The summed E-state index contributed by atoms with van der Waals surface area (Å²) >= 11 is 0. The molecule has 176 valence electrons. The van der Waals surface area contributed by atoms with Gasteiger partial charge in [-0.15, -0.1) is 0 Å². The minimum atomic E-state index is -2.23. The maximum atomic E-state index is 13.1. The van der Waals surface area contributed by atoms with Gasteiger partial charge in [-0.05, 0) is 70.5 Å². The molecule has 0 aliphatic carbocycles. The highest BCUT2D eigenvalue weighted by atomic mass is 32.3. The van der Waals surface area contributed by atoms with Gasteiger partial charge in [0.15, 0.2) is 0 Å². The molecular formula is C30H38O2S. The molecule has 0 spiro atoms. The van der Waals surface area contributed by atoms with Crippen LogP contribution in [-0.4, -0.2) is 5.97 Å². The normalized spacial score (nSPS) is 11.9. The van der Waals surface area contributed by atoms with Gasteiger partial charge in [0, 0.05) is 21.1 Å². The minimum absolute atomic E-state index is 0.153. The van der Waals surface area contributed by atoms with Crippen LogP contribution < -0.4 is 0 Å². The lowest BCUT2D eigenvalue weighted by molar-refractivity contribution is -0.133. The van der Waals surface area contributed by atoms with Crippen molar-refractivity contribution in [3.8, 4) is 0 Å². The van der Waals surface area contributed by atoms with E-state index >= 15 is 0 Å². The van der Waals surface area contributed by atoms with Crippen LogP contribution in [0.25, 0.3) is 0 Å². The van der Waals surface area contributed by atoms with E-state index in [1.165, 1.54) is 21.6 Å². The van der Waals surface area contributed by atoms with Crippen LogP contribution in [0.1, 0.15) is 70.1 Å². The maximum absolute atomic E-state index is 13.1. The molecule has 0 aliphatic heterocycles. The van der Waals surface area contributed by atoms with Crippen LogP contribution in [0.3, 0.4) is 0 Å². The zero-order chi connectivity index (χ0) is 23.7. The fourth-order valence-electron chi connectivity index (χ4n) is 4.47. The van der Waals surface area contributed by atoms with E-state index in [-0.39, 0.29) is 5.97 Å². The summed E-state index contributed by atoms with van der Waals surface area (Å²) in [6.45, 7) is 8.58. The van der Waals surface area contributed by atoms with Crippen molar-refractivity contribution >= 4 is 16.3 Å².